The molecule has 0 aromatic carbocycles. The van der Waals surface area contributed by atoms with E-state index in [-0.39, 0.29) is 18.0 Å². The number of rotatable bonds is 8. The lowest BCUT2D eigenvalue weighted by Gasteiger charge is -2.21. The van der Waals surface area contributed by atoms with E-state index in [1.54, 1.807) is 0 Å². The molecule has 16 heavy (non-hydrogen) atoms. The molecule has 0 aromatic heterocycles. The number of carbonyl (C=O) groups is 1. The third-order valence-corrected chi connectivity index (χ3v) is 2.73. The van der Waals surface area contributed by atoms with Gasteiger partial charge in [0.2, 0.25) is 5.91 Å². The summed E-state index contributed by atoms with van der Waals surface area (Å²) in [5, 5.41) is 6.25. The summed E-state index contributed by atoms with van der Waals surface area (Å²) in [6.07, 6.45) is 4.87. The summed E-state index contributed by atoms with van der Waals surface area (Å²) in [6, 6.07) is 0.463. The maximum atomic E-state index is 11.7. The predicted octanol–water partition coefficient (Wildman–Crippen LogP) is 2.23. The lowest BCUT2D eigenvalue weighted by Crippen LogP contribution is -2.47. The lowest BCUT2D eigenvalue weighted by molar-refractivity contribution is -0.123. The van der Waals surface area contributed by atoms with Crippen LogP contribution in [0.5, 0.6) is 0 Å². The number of carbonyl (C=O) groups excluding carboxylic acids is 1. The van der Waals surface area contributed by atoms with Gasteiger partial charge in [0.25, 0.3) is 0 Å². The molecule has 94 valence electrons. The minimum absolute atomic E-state index is 0.0832. The van der Waals surface area contributed by atoms with Crippen LogP contribution in [0.4, 0.5) is 0 Å². The average Bonchev–Trinajstić information content (AvgIpc) is 2.25. The molecule has 0 saturated heterocycles. The third kappa shape index (κ3) is 6.62. The number of hydrogen-bond donors (Lipinski definition) is 2. The van der Waals surface area contributed by atoms with Gasteiger partial charge in [-0.05, 0) is 40.0 Å². The fourth-order valence-electron chi connectivity index (χ4n) is 1.42. The molecule has 1 amide bonds. The number of allylic oxidation sites excluding steroid dienone is 1. The highest BCUT2D eigenvalue weighted by molar-refractivity contribution is 5.81. The first-order valence-electron chi connectivity index (χ1n) is 6.18. The van der Waals surface area contributed by atoms with Crippen molar-refractivity contribution in [3.8, 4) is 0 Å². The molecule has 0 bridgehead atoms. The van der Waals surface area contributed by atoms with Gasteiger partial charge in [-0.2, -0.15) is 0 Å². The summed E-state index contributed by atoms with van der Waals surface area (Å²) in [7, 11) is 0. The number of nitrogens with one attached hydrogen (secondary N) is 2. The third-order valence-electron chi connectivity index (χ3n) is 2.73. The molecular weight excluding hydrogens is 200 g/mol. The normalized spacial score (nSPS) is 16.2. The largest absolute Gasteiger partial charge is 0.352 e. The molecular formula is C13H26N2O. The fraction of sp³-hybridized carbons (Fsp3) is 0.769. The first kappa shape index (κ1) is 15.2. The van der Waals surface area contributed by atoms with Crippen LogP contribution in [-0.4, -0.2) is 24.0 Å². The van der Waals surface area contributed by atoms with Crippen molar-refractivity contribution in [3.63, 3.8) is 0 Å². The van der Waals surface area contributed by atoms with E-state index in [1.165, 1.54) is 0 Å². The first-order valence-corrected chi connectivity index (χ1v) is 6.18. The number of hydrogen-bond acceptors (Lipinski definition) is 2. The summed E-state index contributed by atoms with van der Waals surface area (Å²) < 4.78 is 0. The molecule has 0 spiro atoms. The second-order valence-electron chi connectivity index (χ2n) is 4.47. The van der Waals surface area contributed by atoms with Crippen molar-refractivity contribution in [2.24, 2.45) is 0 Å². The Labute approximate surface area is 99.7 Å². The van der Waals surface area contributed by atoms with Gasteiger partial charge in [0.15, 0.2) is 0 Å². The average molecular weight is 226 g/mol. The summed E-state index contributed by atoms with van der Waals surface area (Å²) in [6.45, 7) is 11.8. The Morgan fingerprint density at radius 1 is 1.31 bits per heavy atom. The highest BCUT2D eigenvalue weighted by Gasteiger charge is 2.15. The standard InChI is InChI=1S/C13H26N2O/c1-6-8-9-11(4)14-12(5)13(16)15-10(3)7-2/h6,10-12,14H,1,7-9H2,2-5H3,(H,15,16). The zero-order valence-electron chi connectivity index (χ0n) is 11.0. The van der Waals surface area contributed by atoms with Crippen molar-refractivity contribution >= 4 is 5.91 Å². The smallest absolute Gasteiger partial charge is 0.237 e. The van der Waals surface area contributed by atoms with Crippen LogP contribution in [0.2, 0.25) is 0 Å². The Morgan fingerprint density at radius 3 is 2.44 bits per heavy atom. The minimum Gasteiger partial charge on any atom is -0.352 e. The summed E-state index contributed by atoms with van der Waals surface area (Å²) >= 11 is 0. The van der Waals surface area contributed by atoms with E-state index in [9.17, 15) is 4.79 Å². The Kier molecular flexibility index (Phi) is 7.90. The van der Waals surface area contributed by atoms with E-state index < -0.39 is 0 Å². The van der Waals surface area contributed by atoms with Gasteiger partial charge < -0.3 is 10.6 Å². The molecule has 0 radical (unpaired) electrons. The zero-order chi connectivity index (χ0) is 12.6. The van der Waals surface area contributed by atoms with Gasteiger partial charge in [-0.3, -0.25) is 4.79 Å². The molecule has 0 aromatic rings. The topological polar surface area (TPSA) is 41.1 Å². The van der Waals surface area contributed by atoms with Gasteiger partial charge in [-0.15, -0.1) is 6.58 Å². The summed E-state index contributed by atoms with van der Waals surface area (Å²) in [5.41, 5.74) is 0. The van der Waals surface area contributed by atoms with E-state index in [1.807, 2.05) is 19.9 Å². The van der Waals surface area contributed by atoms with Crippen molar-refractivity contribution in [1.82, 2.24) is 10.6 Å². The monoisotopic (exact) mass is 226 g/mol. The highest BCUT2D eigenvalue weighted by Crippen LogP contribution is 1.99. The van der Waals surface area contributed by atoms with Gasteiger partial charge in [-0.1, -0.05) is 13.0 Å². The van der Waals surface area contributed by atoms with Crippen molar-refractivity contribution in [2.75, 3.05) is 0 Å². The molecule has 0 heterocycles. The molecule has 3 unspecified atom stereocenters. The Hall–Kier alpha value is -0.830. The first-order chi connectivity index (χ1) is 7.51. The molecule has 0 aliphatic carbocycles. The molecule has 3 atom stereocenters. The highest BCUT2D eigenvalue weighted by atomic mass is 16.2. The second kappa shape index (κ2) is 8.34. The molecule has 0 saturated carbocycles. The molecule has 0 aliphatic rings. The maximum Gasteiger partial charge on any atom is 0.237 e. The molecule has 2 N–H and O–H groups in total. The van der Waals surface area contributed by atoms with Gasteiger partial charge in [-0.25, -0.2) is 0 Å². The fourth-order valence-corrected chi connectivity index (χ4v) is 1.42. The summed E-state index contributed by atoms with van der Waals surface area (Å²) in [4.78, 5) is 11.7. The van der Waals surface area contributed by atoms with E-state index >= 15 is 0 Å². The van der Waals surface area contributed by atoms with Gasteiger partial charge in [0.1, 0.15) is 0 Å². The van der Waals surface area contributed by atoms with E-state index in [0.717, 1.165) is 19.3 Å². The molecule has 0 fully saturated rings. The predicted molar refractivity (Wildman–Crippen MR) is 69.4 cm³/mol. The van der Waals surface area contributed by atoms with Crippen LogP contribution in [-0.2, 0) is 4.79 Å². The van der Waals surface area contributed by atoms with Crippen molar-refractivity contribution in [1.29, 1.82) is 0 Å². The molecule has 3 nitrogen and oxygen atoms in total. The summed E-state index contributed by atoms with van der Waals surface area (Å²) in [5.74, 6) is 0.0832. The van der Waals surface area contributed by atoms with E-state index in [2.05, 4.69) is 31.1 Å². The van der Waals surface area contributed by atoms with Crippen molar-refractivity contribution < 1.29 is 4.79 Å². The molecule has 0 aliphatic heterocycles. The van der Waals surface area contributed by atoms with Crippen LogP contribution in [0.3, 0.4) is 0 Å². The Morgan fingerprint density at radius 2 is 1.94 bits per heavy atom. The van der Waals surface area contributed by atoms with Gasteiger partial charge in [0.05, 0.1) is 6.04 Å². The quantitative estimate of drug-likeness (QED) is 0.623. The van der Waals surface area contributed by atoms with E-state index in [0.29, 0.717) is 6.04 Å². The van der Waals surface area contributed by atoms with Crippen LogP contribution in [0.15, 0.2) is 12.7 Å². The lowest BCUT2D eigenvalue weighted by atomic mass is 10.1. The SMILES string of the molecule is C=CCCC(C)NC(C)C(=O)NC(C)CC. The number of amides is 1. The van der Waals surface area contributed by atoms with E-state index in [4.69, 9.17) is 0 Å². The van der Waals surface area contributed by atoms with Crippen LogP contribution >= 0.6 is 0 Å². The maximum absolute atomic E-state index is 11.7. The minimum atomic E-state index is -0.131. The van der Waals surface area contributed by atoms with Crippen LogP contribution in [0.1, 0.15) is 47.0 Å². The van der Waals surface area contributed by atoms with Crippen molar-refractivity contribution in [3.05, 3.63) is 12.7 Å². The molecule has 3 heteroatoms. The van der Waals surface area contributed by atoms with Crippen LogP contribution < -0.4 is 10.6 Å². The Balaban J connectivity index is 3.89. The van der Waals surface area contributed by atoms with Crippen LogP contribution in [0, 0.1) is 0 Å². The van der Waals surface area contributed by atoms with Gasteiger partial charge >= 0.3 is 0 Å². The van der Waals surface area contributed by atoms with Crippen molar-refractivity contribution in [2.45, 2.75) is 65.1 Å². The Bertz CT molecular complexity index is 216. The van der Waals surface area contributed by atoms with Crippen LogP contribution in [0.25, 0.3) is 0 Å². The van der Waals surface area contributed by atoms with Gasteiger partial charge in [0, 0.05) is 12.1 Å². The second-order valence-corrected chi connectivity index (χ2v) is 4.47. The zero-order valence-corrected chi connectivity index (χ0v) is 11.0. The molecule has 0 rings (SSSR count).